The zero-order chi connectivity index (χ0) is 12.4. The smallest absolute Gasteiger partial charge is 0.326 e. The molecule has 1 amide bonds. The monoisotopic (exact) mass is 237 g/mol. The number of hydrogen-bond donors (Lipinski definition) is 1. The molecule has 0 bridgehead atoms. The Balaban J connectivity index is 2.06. The largest absolute Gasteiger partial charge is 0.480 e. The van der Waals surface area contributed by atoms with E-state index in [4.69, 9.17) is 0 Å². The number of amides is 1. The van der Waals surface area contributed by atoms with Crippen LogP contribution in [0.1, 0.15) is 32.6 Å². The van der Waals surface area contributed by atoms with Crippen molar-refractivity contribution in [1.82, 2.24) is 4.90 Å². The van der Waals surface area contributed by atoms with Crippen molar-refractivity contribution in [3.8, 4) is 0 Å². The molecule has 0 aromatic carbocycles. The molecule has 2 rings (SSSR count). The topological polar surface area (TPSA) is 57.6 Å². The van der Waals surface area contributed by atoms with Gasteiger partial charge in [-0.2, -0.15) is 0 Å². The summed E-state index contributed by atoms with van der Waals surface area (Å²) in [5.74, 6) is -0.475. The molecular weight excluding hydrogens is 218 g/mol. The molecule has 2 unspecified atom stereocenters. The molecule has 1 aliphatic heterocycles. The minimum Gasteiger partial charge on any atom is -0.480 e. The Hall–Kier alpha value is -1.32. The summed E-state index contributed by atoms with van der Waals surface area (Å²) in [5.41, 5.74) is 0. The molecule has 1 aliphatic carbocycles. The highest BCUT2D eigenvalue weighted by Crippen LogP contribution is 2.27. The first-order chi connectivity index (χ1) is 8.09. The summed E-state index contributed by atoms with van der Waals surface area (Å²) in [6.45, 7) is 2.64. The van der Waals surface area contributed by atoms with Crippen molar-refractivity contribution in [3.05, 3.63) is 12.2 Å². The van der Waals surface area contributed by atoms with Gasteiger partial charge in [0.25, 0.3) is 0 Å². The lowest BCUT2D eigenvalue weighted by Gasteiger charge is -2.37. The Bertz CT molecular complexity index is 343. The fourth-order valence-electron chi connectivity index (χ4n) is 2.69. The van der Waals surface area contributed by atoms with Crippen molar-refractivity contribution in [2.24, 2.45) is 11.8 Å². The number of hydrogen-bond acceptors (Lipinski definition) is 2. The van der Waals surface area contributed by atoms with Crippen molar-refractivity contribution in [2.75, 3.05) is 6.54 Å². The van der Waals surface area contributed by atoms with E-state index in [0.717, 1.165) is 19.3 Å². The molecule has 0 radical (unpaired) electrons. The second kappa shape index (κ2) is 4.90. The highest BCUT2D eigenvalue weighted by atomic mass is 16.4. The van der Waals surface area contributed by atoms with Gasteiger partial charge in [-0.05, 0) is 31.6 Å². The maximum atomic E-state index is 12.2. The van der Waals surface area contributed by atoms with Crippen LogP contribution in [0.4, 0.5) is 0 Å². The first-order valence-electron chi connectivity index (χ1n) is 6.28. The molecule has 2 atom stereocenters. The SMILES string of the molecule is CC1CCN(C(=O)C2CC=CC2)C(C(=O)O)C1. The van der Waals surface area contributed by atoms with Gasteiger partial charge in [0.2, 0.25) is 5.91 Å². The van der Waals surface area contributed by atoms with Gasteiger partial charge in [-0.1, -0.05) is 19.1 Å². The average molecular weight is 237 g/mol. The van der Waals surface area contributed by atoms with E-state index in [-0.39, 0.29) is 11.8 Å². The van der Waals surface area contributed by atoms with E-state index >= 15 is 0 Å². The summed E-state index contributed by atoms with van der Waals surface area (Å²) in [4.78, 5) is 25.0. The van der Waals surface area contributed by atoms with Crippen molar-refractivity contribution in [2.45, 2.75) is 38.6 Å². The van der Waals surface area contributed by atoms with Crippen LogP contribution in [-0.4, -0.2) is 34.5 Å². The second-order valence-electron chi connectivity index (χ2n) is 5.15. The Labute approximate surface area is 101 Å². The molecule has 94 valence electrons. The second-order valence-corrected chi connectivity index (χ2v) is 5.15. The van der Waals surface area contributed by atoms with Crippen LogP contribution in [-0.2, 0) is 9.59 Å². The summed E-state index contributed by atoms with van der Waals surface area (Å²) < 4.78 is 0. The molecule has 0 saturated carbocycles. The van der Waals surface area contributed by atoms with Gasteiger partial charge in [0.1, 0.15) is 6.04 Å². The summed E-state index contributed by atoms with van der Waals surface area (Å²) in [6.07, 6.45) is 7.03. The van der Waals surface area contributed by atoms with Gasteiger partial charge >= 0.3 is 5.97 Å². The van der Waals surface area contributed by atoms with E-state index < -0.39 is 12.0 Å². The summed E-state index contributed by atoms with van der Waals surface area (Å²) in [7, 11) is 0. The van der Waals surface area contributed by atoms with Gasteiger partial charge < -0.3 is 10.0 Å². The average Bonchev–Trinajstić information content (AvgIpc) is 2.81. The fraction of sp³-hybridized carbons (Fsp3) is 0.692. The van der Waals surface area contributed by atoms with E-state index in [9.17, 15) is 14.7 Å². The molecule has 17 heavy (non-hydrogen) atoms. The Morgan fingerprint density at radius 1 is 1.29 bits per heavy atom. The number of carbonyl (C=O) groups is 2. The maximum Gasteiger partial charge on any atom is 0.326 e. The number of aliphatic carboxylic acids is 1. The number of allylic oxidation sites excluding steroid dienone is 2. The minimum absolute atomic E-state index is 0.0225. The number of carboxylic acid groups (broad SMARTS) is 1. The van der Waals surface area contributed by atoms with Gasteiger partial charge in [-0.15, -0.1) is 0 Å². The minimum atomic E-state index is -0.865. The maximum absolute atomic E-state index is 12.2. The lowest BCUT2D eigenvalue weighted by atomic mass is 9.91. The molecule has 0 spiro atoms. The number of rotatable bonds is 2. The lowest BCUT2D eigenvalue weighted by molar-refractivity contribution is -0.154. The predicted molar refractivity (Wildman–Crippen MR) is 63.4 cm³/mol. The molecule has 4 heteroatoms. The number of carbonyl (C=O) groups excluding carboxylic acids is 1. The van der Waals surface area contributed by atoms with Gasteiger partial charge in [0, 0.05) is 12.5 Å². The van der Waals surface area contributed by atoms with E-state index in [2.05, 4.69) is 6.92 Å². The summed E-state index contributed by atoms with van der Waals surface area (Å²) in [5, 5.41) is 9.21. The first-order valence-corrected chi connectivity index (χ1v) is 6.28. The van der Waals surface area contributed by atoms with Crippen LogP contribution in [0.3, 0.4) is 0 Å². The normalized spacial score (nSPS) is 29.6. The van der Waals surface area contributed by atoms with Gasteiger partial charge in [0.15, 0.2) is 0 Å². The number of likely N-dealkylation sites (tertiary alicyclic amines) is 1. The van der Waals surface area contributed by atoms with E-state index in [0.29, 0.717) is 18.9 Å². The van der Waals surface area contributed by atoms with Crippen molar-refractivity contribution < 1.29 is 14.7 Å². The molecule has 0 aromatic rings. The summed E-state index contributed by atoms with van der Waals surface area (Å²) in [6, 6.07) is -0.619. The Morgan fingerprint density at radius 2 is 1.94 bits per heavy atom. The third-order valence-corrected chi connectivity index (χ3v) is 3.79. The first kappa shape index (κ1) is 12.1. The third-order valence-electron chi connectivity index (χ3n) is 3.79. The molecular formula is C13H19NO3. The number of piperidine rings is 1. The van der Waals surface area contributed by atoms with Crippen molar-refractivity contribution in [3.63, 3.8) is 0 Å². The van der Waals surface area contributed by atoms with Gasteiger partial charge in [-0.3, -0.25) is 4.79 Å². The number of nitrogens with zero attached hydrogens (tertiary/aromatic N) is 1. The van der Waals surface area contributed by atoms with E-state index in [1.807, 2.05) is 12.2 Å². The molecule has 0 aromatic heterocycles. The Morgan fingerprint density at radius 3 is 2.53 bits per heavy atom. The summed E-state index contributed by atoms with van der Waals surface area (Å²) >= 11 is 0. The zero-order valence-corrected chi connectivity index (χ0v) is 10.1. The van der Waals surface area contributed by atoms with Crippen LogP contribution in [0.5, 0.6) is 0 Å². The zero-order valence-electron chi connectivity index (χ0n) is 10.1. The molecule has 4 nitrogen and oxygen atoms in total. The highest BCUT2D eigenvalue weighted by molar-refractivity contribution is 5.85. The van der Waals surface area contributed by atoms with Gasteiger partial charge in [0.05, 0.1) is 0 Å². The highest BCUT2D eigenvalue weighted by Gasteiger charge is 2.37. The predicted octanol–water partition coefficient (Wildman–Crippen LogP) is 1.66. The fourth-order valence-corrected chi connectivity index (χ4v) is 2.69. The van der Waals surface area contributed by atoms with Crippen LogP contribution in [0.2, 0.25) is 0 Å². The van der Waals surface area contributed by atoms with Crippen LogP contribution >= 0.6 is 0 Å². The lowest BCUT2D eigenvalue weighted by Crippen LogP contribution is -2.51. The van der Waals surface area contributed by atoms with E-state index in [1.165, 1.54) is 0 Å². The van der Waals surface area contributed by atoms with Crippen LogP contribution < -0.4 is 0 Å². The van der Waals surface area contributed by atoms with Crippen LogP contribution in [0.15, 0.2) is 12.2 Å². The van der Waals surface area contributed by atoms with Gasteiger partial charge in [-0.25, -0.2) is 4.79 Å². The van der Waals surface area contributed by atoms with Crippen molar-refractivity contribution in [1.29, 1.82) is 0 Å². The molecule has 1 heterocycles. The van der Waals surface area contributed by atoms with Crippen LogP contribution in [0, 0.1) is 11.8 Å². The Kier molecular flexibility index (Phi) is 3.50. The van der Waals surface area contributed by atoms with E-state index in [1.54, 1.807) is 4.90 Å². The molecule has 1 saturated heterocycles. The van der Waals surface area contributed by atoms with Crippen molar-refractivity contribution >= 4 is 11.9 Å². The van der Waals surface area contributed by atoms with Crippen LogP contribution in [0.25, 0.3) is 0 Å². The third kappa shape index (κ3) is 2.51. The molecule has 1 fully saturated rings. The number of carboxylic acids is 1. The molecule has 1 N–H and O–H groups in total. The molecule has 2 aliphatic rings. The standard InChI is InChI=1S/C13H19NO3/c1-9-6-7-14(11(8-9)13(16)17)12(15)10-4-2-3-5-10/h2-3,9-11H,4-8H2,1H3,(H,16,17). The quantitative estimate of drug-likeness (QED) is 0.743.